The van der Waals surface area contributed by atoms with Gasteiger partial charge in [0.25, 0.3) is 0 Å². The molecule has 54 heavy (non-hydrogen) atoms. The van der Waals surface area contributed by atoms with E-state index in [0.717, 1.165) is 55.5 Å². The zero-order chi connectivity index (χ0) is 35.8. The second-order valence-corrected chi connectivity index (χ2v) is 14.2. The molecule has 3 heteroatoms. The molecular weight excluding hydrogens is 657 g/mol. The van der Waals surface area contributed by atoms with E-state index in [4.69, 9.17) is 4.42 Å². The highest BCUT2D eigenvalue weighted by Crippen LogP contribution is 2.46. The fraction of sp³-hybridized carbons (Fsp3) is 0.0196. The third-order valence-corrected chi connectivity index (χ3v) is 11.1. The maximum Gasteiger partial charge on any atom is 0.143 e. The molecule has 0 aliphatic heterocycles. The topological polar surface area (TPSA) is 21.3 Å². The Morgan fingerprint density at radius 3 is 1.81 bits per heavy atom. The Labute approximate surface area is 312 Å². The first-order valence-corrected chi connectivity index (χ1v) is 18.5. The normalized spacial score (nSPS) is 11.8. The van der Waals surface area contributed by atoms with Crippen LogP contribution in [-0.4, -0.2) is 4.57 Å². The number of nitrogens with zero attached hydrogens (tertiary/aromatic N) is 2. The molecule has 0 aliphatic carbocycles. The summed E-state index contributed by atoms with van der Waals surface area (Å²) in [4.78, 5) is 2.41. The zero-order valence-corrected chi connectivity index (χ0v) is 29.7. The van der Waals surface area contributed by atoms with Crippen LogP contribution in [0.3, 0.4) is 0 Å². The van der Waals surface area contributed by atoms with Crippen LogP contribution in [0.25, 0.3) is 82.1 Å². The van der Waals surface area contributed by atoms with E-state index in [2.05, 4.69) is 204 Å². The largest absolute Gasteiger partial charge is 0.455 e. The lowest BCUT2D eigenvalue weighted by Gasteiger charge is -2.27. The van der Waals surface area contributed by atoms with Crippen LogP contribution in [0.4, 0.5) is 17.1 Å². The highest BCUT2D eigenvalue weighted by Gasteiger charge is 2.21. The van der Waals surface area contributed by atoms with Crippen LogP contribution in [0.5, 0.6) is 0 Å². The molecule has 0 atom stereocenters. The van der Waals surface area contributed by atoms with Crippen molar-refractivity contribution in [1.29, 1.82) is 0 Å². The van der Waals surface area contributed by atoms with Crippen LogP contribution >= 0.6 is 0 Å². The number of furan rings is 1. The van der Waals surface area contributed by atoms with Gasteiger partial charge in [-0.05, 0) is 95.1 Å². The SMILES string of the molecule is Cc1cccc2oc3c4ccccc4c(N(c4ccc(-c5ccccc5)cc4)c4ccc5cc(-n6c7ccccc7c7ccccc76)ccc5c4)cc3c12. The van der Waals surface area contributed by atoms with E-state index in [-0.39, 0.29) is 0 Å². The standard InChI is InChI=1S/C51H34N2O/c1-33-12-11-21-49-50(33)45-32-48(43-17-5-6-18-44(43)51(45)54-49)52(38-26-22-35(23-27-38)34-13-3-2-4-14-34)39-28-24-37-31-40(29-25-36(37)30-39)53-46-19-9-7-15-41(46)42-16-8-10-20-47(42)53/h2-32H,1H3. The van der Waals surface area contributed by atoms with E-state index < -0.39 is 0 Å². The van der Waals surface area contributed by atoms with E-state index in [1.165, 1.54) is 49.3 Å². The quantitative estimate of drug-likeness (QED) is 0.179. The van der Waals surface area contributed by atoms with Crippen molar-refractivity contribution in [3.63, 3.8) is 0 Å². The number of benzene rings is 9. The van der Waals surface area contributed by atoms with E-state index in [9.17, 15) is 0 Å². The van der Waals surface area contributed by atoms with Gasteiger partial charge in [-0.25, -0.2) is 0 Å². The molecular formula is C51H34N2O. The highest BCUT2D eigenvalue weighted by molar-refractivity contribution is 6.20. The van der Waals surface area contributed by atoms with Crippen LogP contribution in [0.2, 0.25) is 0 Å². The molecule has 0 unspecified atom stereocenters. The fourth-order valence-corrected chi connectivity index (χ4v) is 8.55. The molecule has 0 amide bonds. The monoisotopic (exact) mass is 690 g/mol. The summed E-state index contributed by atoms with van der Waals surface area (Å²) in [5.41, 5.74) is 12.3. The van der Waals surface area contributed by atoms with Gasteiger partial charge in [0.2, 0.25) is 0 Å². The molecule has 0 saturated carbocycles. The molecule has 11 aromatic rings. The summed E-state index contributed by atoms with van der Waals surface area (Å²) >= 11 is 0. The van der Waals surface area contributed by atoms with Gasteiger partial charge < -0.3 is 13.9 Å². The Hall–Kier alpha value is -7.10. The number of aryl methyl sites for hydroxylation is 1. The maximum absolute atomic E-state index is 6.59. The first-order valence-electron chi connectivity index (χ1n) is 18.5. The van der Waals surface area contributed by atoms with Gasteiger partial charge in [0.05, 0.1) is 16.7 Å². The Morgan fingerprint density at radius 1 is 0.444 bits per heavy atom. The van der Waals surface area contributed by atoms with Gasteiger partial charge in [-0.3, -0.25) is 0 Å². The van der Waals surface area contributed by atoms with Gasteiger partial charge in [-0.1, -0.05) is 127 Å². The summed E-state index contributed by atoms with van der Waals surface area (Å²) in [5, 5.41) is 9.42. The Bertz CT molecular complexity index is 3170. The first kappa shape index (κ1) is 30.5. The molecule has 0 saturated heterocycles. The second-order valence-electron chi connectivity index (χ2n) is 14.2. The van der Waals surface area contributed by atoms with Crippen molar-refractivity contribution < 1.29 is 4.42 Å². The minimum Gasteiger partial charge on any atom is -0.455 e. The lowest BCUT2D eigenvalue weighted by Crippen LogP contribution is -2.10. The number of rotatable bonds is 5. The van der Waals surface area contributed by atoms with E-state index in [0.29, 0.717) is 0 Å². The summed E-state index contributed by atoms with van der Waals surface area (Å²) < 4.78 is 8.98. The number of hydrogen-bond acceptors (Lipinski definition) is 2. The predicted molar refractivity (Wildman–Crippen MR) is 228 cm³/mol. The maximum atomic E-state index is 6.59. The number of hydrogen-bond donors (Lipinski definition) is 0. The minimum atomic E-state index is 0.913. The van der Waals surface area contributed by atoms with Crippen molar-refractivity contribution in [3.05, 3.63) is 194 Å². The number of anilines is 3. The van der Waals surface area contributed by atoms with Crippen molar-refractivity contribution >= 4 is 82.4 Å². The van der Waals surface area contributed by atoms with Gasteiger partial charge in [0, 0.05) is 49.4 Å². The van der Waals surface area contributed by atoms with Gasteiger partial charge in [-0.2, -0.15) is 0 Å². The average molecular weight is 691 g/mol. The van der Waals surface area contributed by atoms with E-state index >= 15 is 0 Å². The highest BCUT2D eigenvalue weighted by atomic mass is 16.3. The van der Waals surface area contributed by atoms with Crippen molar-refractivity contribution in [2.75, 3.05) is 4.90 Å². The zero-order valence-electron chi connectivity index (χ0n) is 29.7. The first-order chi connectivity index (χ1) is 26.7. The molecule has 0 radical (unpaired) electrons. The van der Waals surface area contributed by atoms with Crippen molar-refractivity contribution in [2.24, 2.45) is 0 Å². The smallest absolute Gasteiger partial charge is 0.143 e. The molecule has 2 aromatic heterocycles. The predicted octanol–water partition coefficient (Wildman–Crippen LogP) is 14.4. The van der Waals surface area contributed by atoms with Crippen LogP contribution in [0, 0.1) is 6.92 Å². The van der Waals surface area contributed by atoms with E-state index in [1.54, 1.807) is 0 Å². The van der Waals surface area contributed by atoms with E-state index in [1.807, 2.05) is 0 Å². The van der Waals surface area contributed by atoms with Crippen molar-refractivity contribution in [3.8, 4) is 16.8 Å². The van der Waals surface area contributed by atoms with Crippen LogP contribution < -0.4 is 4.90 Å². The molecule has 0 bridgehead atoms. The molecule has 2 heterocycles. The van der Waals surface area contributed by atoms with Crippen LogP contribution in [0.15, 0.2) is 192 Å². The Kier molecular flexibility index (Phi) is 6.77. The number of aromatic nitrogens is 1. The molecule has 0 fully saturated rings. The second kappa shape index (κ2) is 12.0. The molecule has 3 nitrogen and oxygen atoms in total. The number of fused-ring (bicyclic) bond motifs is 9. The molecule has 11 rings (SSSR count). The molecule has 0 aliphatic rings. The number of para-hydroxylation sites is 2. The van der Waals surface area contributed by atoms with Crippen molar-refractivity contribution in [2.45, 2.75) is 6.92 Å². The molecule has 9 aromatic carbocycles. The molecule has 0 N–H and O–H groups in total. The summed E-state index contributed by atoms with van der Waals surface area (Å²) in [6.07, 6.45) is 0. The lowest BCUT2D eigenvalue weighted by atomic mass is 9.99. The summed E-state index contributed by atoms with van der Waals surface area (Å²) in [5.74, 6) is 0. The Balaban J connectivity index is 1.12. The van der Waals surface area contributed by atoms with Gasteiger partial charge >= 0.3 is 0 Å². The third kappa shape index (κ3) is 4.69. The summed E-state index contributed by atoms with van der Waals surface area (Å²) in [6, 6.07) is 67.9. The third-order valence-electron chi connectivity index (χ3n) is 11.1. The summed E-state index contributed by atoms with van der Waals surface area (Å²) in [6.45, 7) is 2.17. The van der Waals surface area contributed by atoms with Gasteiger partial charge in [0.15, 0.2) is 0 Å². The van der Waals surface area contributed by atoms with Crippen molar-refractivity contribution in [1.82, 2.24) is 4.57 Å². The minimum absolute atomic E-state index is 0.913. The average Bonchev–Trinajstić information content (AvgIpc) is 3.78. The van der Waals surface area contributed by atoms with Gasteiger partial charge in [0.1, 0.15) is 11.2 Å². The molecule has 0 spiro atoms. The molecule has 254 valence electrons. The summed E-state index contributed by atoms with van der Waals surface area (Å²) in [7, 11) is 0. The van der Waals surface area contributed by atoms with Gasteiger partial charge in [-0.15, -0.1) is 0 Å². The Morgan fingerprint density at radius 2 is 1.06 bits per heavy atom. The van der Waals surface area contributed by atoms with Crippen LogP contribution in [-0.2, 0) is 0 Å². The fourth-order valence-electron chi connectivity index (χ4n) is 8.55. The lowest BCUT2D eigenvalue weighted by molar-refractivity contribution is 0.672. The van der Waals surface area contributed by atoms with Crippen LogP contribution in [0.1, 0.15) is 5.56 Å².